The number of carbonyl (C=O) groups is 2. The van der Waals surface area contributed by atoms with Gasteiger partial charge in [0.1, 0.15) is 12.0 Å². The molecule has 0 saturated heterocycles. The highest BCUT2D eigenvalue weighted by Gasteiger charge is 2.22. The van der Waals surface area contributed by atoms with Gasteiger partial charge in [-0.25, -0.2) is 4.98 Å². The van der Waals surface area contributed by atoms with E-state index in [2.05, 4.69) is 49.6 Å². The Morgan fingerprint density at radius 2 is 1.87 bits per heavy atom. The largest absolute Gasteiger partial charge is 0.339 e. The molecule has 0 unspecified atom stereocenters. The molecule has 0 aliphatic heterocycles. The van der Waals surface area contributed by atoms with Crippen molar-refractivity contribution >= 4 is 35.2 Å². The third-order valence-electron chi connectivity index (χ3n) is 7.06. The molecule has 2 amide bonds. The smallest absolute Gasteiger partial charge is 0.272 e. The van der Waals surface area contributed by atoms with Crippen molar-refractivity contribution in [2.24, 2.45) is 0 Å². The molecule has 0 aromatic carbocycles. The number of hydrogen-bond acceptors (Lipinski definition) is 6. The second kappa shape index (κ2) is 11.4. The predicted octanol–water partition coefficient (Wildman–Crippen LogP) is 0.896. The summed E-state index contributed by atoms with van der Waals surface area (Å²) in [6, 6.07) is 0.287. The van der Waals surface area contributed by atoms with Crippen LogP contribution >= 0.6 is 0 Å². The Labute approximate surface area is 228 Å². The van der Waals surface area contributed by atoms with Crippen molar-refractivity contribution in [3.05, 3.63) is 69.1 Å². The van der Waals surface area contributed by atoms with Gasteiger partial charge in [0.15, 0.2) is 0 Å². The maximum absolute atomic E-state index is 13.4. The van der Waals surface area contributed by atoms with Crippen LogP contribution in [0.4, 0.5) is 0 Å². The maximum atomic E-state index is 13.4. The highest BCUT2D eigenvalue weighted by Crippen LogP contribution is 2.30. The van der Waals surface area contributed by atoms with Gasteiger partial charge in [0.2, 0.25) is 0 Å². The zero-order valence-corrected chi connectivity index (χ0v) is 23.5. The van der Waals surface area contributed by atoms with Gasteiger partial charge in [0, 0.05) is 37.9 Å². The number of nitrogens with one attached hydrogen (secondary N) is 1. The number of carbonyl (C=O) groups excluding carboxylic acids is 2. The Hall–Kier alpha value is -4.05. The Bertz CT molecular complexity index is 1560. The summed E-state index contributed by atoms with van der Waals surface area (Å²) in [6.07, 6.45) is 10.6. The molecule has 10 heteroatoms. The summed E-state index contributed by atoms with van der Waals surface area (Å²) in [5, 5.41) is 8.27. The van der Waals surface area contributed by atoms with E-state index in [1.807, 2.05) is 29.8 Å². The molecule has 1 N–H and O–H groups in total. The van der Waals surface area contributed by atoms with E-state index in [-0.39, 0.29) is 23.0 Å². The Morgan fingerprint density at radius 3 is 2.56 bits per heavy atom. The average Bonchev–Trinajstić information content (AvgIpc) is 3.35. The van der Waals surface area contributed by atoms with Gasteiger partial charge in [-0.1, -0.05) is 19.2 Å². The third-order valence-corrected chi connectivity index (χ3v) is 7.06. The van der Waals surface area contributed by atoms with Crippen molar-refractivity contribution in [1.29, 1.82) is 0 Å². The number of aromatic nitrogens is 4. The molecular formula is C29H37N7O3. The summed E-state index contributed by atoms with van der Waals surface area (Å²) in [4.78, 5) is 46.9. The van der Waals surface area contributed by atoms with Gasteiger partial charge in [-0.05, 0) is 70.8 Å². The molecule has 0 radical (unpaired) electrons. The third kappa shape index (κ3) is 5.85. The number of fused-ring (bicyclic) bond motifs is 2. The van der Waals surface area contributed by atoms with Crippen LogP contribution in [-0.4, -0.2) is 75.2 Å². The fraction of sp³-hybridized carbons (Fsp3) is 0.414. The van der Waals surface area contributed by atoms with E-state index in [0.717, 1.165) is 46.2 Å². The van der Waals surface area contributed by atoms with Gasteiger partial charge in [-0.2, -0.15) is 5.10 Å². The van der Waals surface area contributed by atoms with Crippen molar-refractivity contribution < 1.29 is 9.59 Å². The lowest BCUT2D eigenvalue weighted by atomic mass is 9.88. The van der Waals surface area contributed by atoms with Crippen LogP contribution in [0.1, 0.15) is 50.4 Å². The molecule has 0 fully saturated rings. The fourth-order valence-corrected chi connectivity index (χ4v) is 4.70. The van der Waals surface area contributed by atoms with E-state index in [0.29, 0.717) is 30.1 Å². The second-order valence-corrected chi connectivity index (χ2v) is 10.6. The van der Waals surface area contributed by atoms with Crippen molar-refractivity contribution in [3.8, 4) is 0 Å². The quantitative estimate of drug-likeness (QED) is 0.482. The standard InChI is InChI=1S/C29H37N7O3/c1-18(2)36-16-22-15-21(11-12-25(22)32-36)23-9-8-10-24-26(23)30-17-35(29(24)39)20(4)27(37)31-19(3)28(38)34(7)14-13-33(5)6/h10,15-18H,3-4,8-9,11-14H2,1-2,5-7H3,(H,31,37). The van der Waals surface area contributed by atoms with Crippen molar-refractivity contribution in [1.82, 2.24) is 34.4 Å². The number of nitrogens with zero attached hydrogens (tertiary/aromatic N) is 6. The zero-order valence-electron chi connectivity index (χ0n) is 23.5. The van der Waals surface area contributed by atoms with Crippen LogP contribution in [0.25, 0.3) is 23.4 Å². The van der Waals surface area contributed by atoms with Crippen LogP contribution in [0, 0.1) is 0 Å². The molecule has 2 heterocycles. The van der Waals surface area contributed by atoms with Gasteiger partial charge in [-0.3, -0.25) is 23.6 Å². The Balaban J connectivity index is 1.58. The van der Waals surface area contributed by atoms with Gasteiger partial charge in [-0.15, -0.1) is 0 Å². The first-order valence-corrected chi connectivity index (χ1v) is 13.2. The minimum Gasteiger partial charge on any atom is -0.339 e. The van der Waals surface area contributed by atoms with E-state index in [1.54, 1.807) is 7.05 Å². The molecule has 2 aromatic heterocycles. The molecule has 0 spiro atoms. The number of allylic oxidation sites excluding steroid dienone is 1. The van der Waals surface area contributed by atoms with E-state index in [4.69, 9.17) is 5.10 Å². The minimum atomic E-state index is -0.692. The molecule has 39 heavy (non-hydrogen) atoms. The van der Waals surface area contributed by atoms with Crippen LogP contribution in [0.15, 0.2) is 41.7 Å². The first-order valence-electron chi connectivity index (χ1n) is 13.2. The SMILES string of the molecule is C=C(NC(=O)C(=C)n1cnc2c(c1=O)=CCCC=2C1=Cc2cn(C(C)C)nc2CC1)C(=O)N(C)CCN(C)C. The molecule has 0 saturated carbocycles. The highest BCUT2D eigenvalue weighted by molar-refractivity contribution is 6.15. The summed E-state index contributed by atoms with van der Waals surface area (Å²) in [7, 11) is 5.45. The van der Waals surface area contributed by atoms with E-state index >= 15 is 0 Å². The van der Waals surface area contributed by atoms with E-state index in [1.165, 1.54) is 11.2 Å². The van der Waals surface area contributed by atoms with Gasteiger partial charge < -0.3 is 15.1 Å². The maximum Gasteiger partial charge on any atom is 0.272 e. The molecule has 206 valence electrons. The summed E-state index contributed by atoms with van der Waals surface area (Å²) >= 11 is 0. The van der Waals surface area contributed by atoms with Crippen LogP contribution in [-0.2, 0) is 16.0 Å². The molecule has 10 nitrogen and oxygen atoms in total. The number of rotatable bonds is 9. The molecule has 0 bridgehead atoms. The van der Waals surface area contributed by atoms with E-state index in [9.17, 15) is 14.4 Å². The van der Waals surface area contributed by atoms with Crippen molar-refractivity contribution in [3.63, 3.8) is 0 Å². The number of amides is 2. The Morgan fingerprint density at radius 1 is 1.13 bits per heavy atom. The lowest BCUT2D eigenvalue weighted by molar-refractivity contribution is -0.127. The van der Waals surface area contributed by atoms with Gasteiger partial charge in [0.05, 0.1) is 22.0 Å². The van der Waals surface area contributed by atoms with Gasteiger partial charge in [0.25, 0.3) is 17.4 Å². The first-order chi connectivity index (χ1) is 18.5. The second-order valence-electron chi connectivity index (χ2n) is 10.6. The molecule has 2 aromatic rings. The molecular weight excluding hydrogens is 494 g/mol. The predicted molar refractivity (Wildman–Crippen MR) is 153 cm³/mol. The number of aryl methyl sites for hydroxylation is 1. The topological polar surface area (TPSA) is 105 Å². The van der Waals surface area contributed by atoms with Crippen molar-refractivity contribution in [2.45, 2.75) is 45.6 Å². The molecule has 2 aliphatic rings. The van der Waals surface area contributed by atoms with Gasteiger partial charge >= 0.3 is 0 Å². The summed E-state index contributed by atoms with van der Waals surface area (Å²) in [6.45, 7) is 12.8. The highest BCUT2D eigenvalue weighted by atomic mass is 16.2. The lowest BCUT2D eigenvalue weighted by Gasteiger charge is -2.21. The van der Waals surface area contributed by atoms with E-state index < -0.39 is 11.8 Å². The average molecular weight is 532 g/mol. The number of likely N-dealkylation sites (N-methyl/N-ethyl adjacent to an activating group) is 2. The summed E-state index contributed by atoms with van der Waals surface area (Å²) in [5.41, 5.74) is 3.81. The Kier molecular flexibility index (Phi) is 8.15. The van der Waals surface area contributed by atoms with Crippen LogP contribution < -0.4 is 21.4 Å². The minimum absolute atomic E-state index is 0.0899. The molecule has 0 atom stereocenters. The normalized spacial score (nSPS) is 14.3. The summed E-state index contributed by atoms with van der Waals surface area (Å²) < 4.78 is 3.11. The first kappa shape index (κ1) is 28.0. The van der Waals surface area contributed by atoms with Crippen LogP contribution in [0.2, 0.25) is 0 Å². The zero-order chi connectivity index (χ0) is 28.4. The fourth-order valence-electron chi connectivity index (χ4n) is 4.70. The van der Waals surface area contributed by atoms with Crippen molar-refractivity contribution in [2.75, 3.05) is 34.2 Å². The molecule has 4 rings (SSSR count). The van der Waals surface area contributed by atoms with Crippen LogP contribution in [0.5, 0.6) is 0 Å². The molecule has 2 aliphatic carbocycles. The monoisotopic (exact) mass is 531 g/mol. The van der Waals surface area contributed by atoms with Crippen LogP contribution in [0.3, 0.4) is 0 Å². The number of hydrogen-bond donors (Lipinski definition) is 1. The summed E-state index contributed by atoms with van der Waals surface area (Å²) in [5.74, 6) is -1.10. The lowest BCUT2D eigenvalue weighted by Crippen LogP contribution is -2.49.